The Morgan fingerprint density at radius 3 is 2.61 bits per heavy atom. The van der Waals surface area contributed by atoms with Crippen LogP contribution in [0.2, 0.25) is 0 Å². The van der Waals surface area contributed by atoms with Crippen molar-refractivity contribution in [2.75, 3.05) is 44.2 Å². The zero-order valence-electron chi connectivity index (χ0n) is 14.1. The Bertz CT molecular complexity index is 518. The number of cyclic esters (lactones) is 1. The van der Waals surface area contributed by atoms with Gasteiger partial charge in [0.15, 0.2) is 0 Å². The van der Waals surface area contributed by atoms with Crippen molar-refractivity contribution in [3.8, 4) is 0 Å². The fourth-order valence-electron chi connectivity index (χ4n) is 3.74. The Hall–Kier alpha value is -1.59. The maximum Gasteiger partial charge on any atom is 0.414 e. The molecule has 0 aliphatic carbocycles. The van der Waals surface area contributed by atoms with Gasteiger partial charge in [-0.25, -0.2) is 4.79 Å². The third-order valence-electron chi connectivity index (χ3n) is 4.98. The Balaban J connectivity index is 1.53. The first-order valence-electron chi connectivity index (χ1n) is 8.70. The first-order chi connectivity index (χ1) is 11.2. The second kappa shape index (κ2) is 7.32. The second-order valence-electron chi connectivity index (χ2n) is 6.38. The van der Waals surface area contributed by atoms with E-state index in [0.29, 0.717) is 12.6 Å². The molecule has 2 fully saturated rings. The van der Waals surface area contributed by atoms with Crippen LogP contribution in [0, 0.1) is 0 Å². The molecule has 2 heterocycles. The van der Waals surface area contributed by atoms with Crippen molar-refractivity contribution >= 4 is 11.8 Å². The smallest absolute Gasteiger partial charge is 0.414 e. The van der Waals surface area contributed by atoms with Gasteiger partial charge in [0.25, 0.3) is 0 Å². The highest BCUT2D eigenvalue weighted by molar-refractivity contribution is 5.89. The van der Waals surface area contributed by atoms with Crippen molar-refractivity contribution in [2.45, 2.75) is 32.4 Å². The topological polar surface area (TPSA) is 36.0 Å². The van der Waals surface area contributed by atoms with E-state index in [1.165, 1.54) is 6.42 Å². The Kier molecular flexibility index (Phi) is 5.18. The van der Waals surface area contributed by atoms with Crippen molar-refractivity contribution in [3.63, 3.8) is 0 Å². The van der Waals surface area contributed by atoms with Crippen LogP contribution in [0.4, 0.5) is 10.5 Å². The van der Waals surface area contributed by atoms with Gasteiger partial charge in [0.1, 0.15) is 6.10 Å². The lowest BCUT2D eigenvalue weighted by Gasteiger charge is -2.26. The molecule has 0 N–H and O–H groups in total. The Morgan fingerprint density at radius 1 is 1.17 bits per heavy atom. The van der Waals surface area contributed by atoms with E-state index < -0.39 is 0 Å². The number of amides is 1. The zero-order valence-corrected chi connectivity index (χ0v) is 14.1. The summed E-state index contributed by atoms with van der Waals surface area (Å²) in [5.41, 5.74) is 0.919. The Morgan fingerprint density at radius 2 is 1.91 bits per heavy atom. The van der Waals surface area contributed by atoms with Gasteiger partial charge in [-0.15, -0.1) is 0 Å². The number of hydrogen-bond donors (Lipinski definition) is 0. The first-order valence-corrected chi connectivity index (χ1v) is 8.70. The highest BCUT2D eigenvalue weighted by Crippen LogP contribution is 2.23. The fourth-order valence-corrected chi connectivity index (χ4v) is 3.74. The third-order valence-corrected chi connectivity index (χ3v) is 4.98. The van der Waals surface area contributed by atoms with Crippen molar-refractivity contribution < 1.29 is 9.53 Å². The summed E-state index contributed by atoms with van der Waals surface area (Å²) < 4.78 is 5.57. The fraction of sp³-hybridized carbons (Fsp3) is 0.611. The number of ether oxygens (including phenoxy) is 1. The van der Waals surface area contributed by atoms with Gasteiger partial charge in [-0.05, 0) is 38.2 Å². The molecule has 1 aromatic carbocycles. The van der Waals surface area contributed by atoms with Gasteiger partial charge in [0.2, 0.25) is 0 Å². The van der Waals surface area contributed by atoms with E-state index in [4.69, 9.17) is 4.74 Å². The molecule has 0 radical (unpaired) electrons. The van der Waals surface area contributed by atoms with E-state index in [1.54, 1.807) is 4.90 Å². The highest BCUT2D eigenvalue weighted by Gasteiger charge is 2.35. The van der Waals surface area contributed by atoms with Gasteiger partial charge in [-0.3, -0.25) is 14.7 Å². The highest BCUT2D eigenvalue weighted by atomic mass is 16.6. The summed E-state index contributed by atoms with van der Waals surface area (Å²) in [5, 5.41) is 0. The minimum absolute atomic E-state index is 0.0295. The van der Waals surface area contributed by atoms with Crippen LogP contribution in [0.3, 0.4) is 0 Å². The predicted molar refractivity (Wildman–Crippen MR) is 91.8 cm³/mol. The summed E-state index contributed by atoms with van der Waals surface area (Å²) in [6, 6.07) is 10.4. The van der Waals surface area contributed by atoms with E-state index in [9.17, 15) is 4.79 Å². The molecule has 3 rings (SSSR count). The van der Waals surface area contributed by atoms with E-state index >= 15 is 0 Å². The molecule has 0 spiro atoms. The number of anilines is 1. The van der Waals surface area contributed by atoms with Gasteiger partial charge in [-0.1, -0.05) is 32.0 Å². The average molecular weight is 317 g/mol. The van der Waals surface area contributed by atoms with Gasteiger partial charge >= 0.3 is 6.09 Å². The van der Waals surface area contributed by atoms with E-state index in [-0.39, 0.29) is 12.2 Å². The van der Waals surface area contributed by atoms with Crippen LogP contribution in [0.15, 0.2) is 30.3 Å². The van der Waals surface area contributed by atoms with Crippen LogP contribution >= 0.6 is 0 Å². The van der Waals surface area contributed by atoms with E-state index in [0.717, 1.165) is 38.4 Å². The first kappa shape index (κ1) is 16.3. The minimum atomic E-state index is -0.222. The van der Waals surface area contributed by atoms with Crippen LogP contribution in [0.25, 0.3) is 0 Å². The molecule has 1 amide bonds. The maximum absolute atomic E-state index is 12.1. The molecule has 23 heavy (non-hydrogen) atoms. The van der Waals surface area contributed by atoms with Crippen molar-refractivity contribution in [1.29, 1.82) is 0 Å². The lowest BCUT2D eigenvalue weighted by molar-refractivity contribution is 0.113. The van der Waals surface area contributed by atoms with Gasteiger partial charge in [0, 0.05) is 24.8 Å². The van der Waals surface area contributed by atoms with Crippen LogP contribution in [0.5, 0.6) is 0 Å². The largest absolute Gasteiger partial charge is 0.443 e. The molecule has 2 atom stereocenters. The molecule has 0 bridgehead atoms. The molecule has 126 valence electrons. The van der Waals surface area contributed by atoms with Crippen molar-refractivity contribution in [3.05, 3.63) is 30.3 Å². The quantitative estimate of drug-likeness (QED) is 0.807. The number of likely N-dealkylation sites (N-methyl/N-ethyl adjacent to an activating group) is 1. The van der Waals surface area contributed by atoms with Gasteiger partial charge in [0.05, 0.1) is 6.54 Å². The normalized spacial score (nSPS) is 25.3. The monoisotopic (exact) mass is 317 g/mol. The summed E-state index contributed by atoms with van der Waals surface area (Å²) in [6.45, 7) is 10.3. The molecule has 5 nitrogen and oxygen atoms in total. The number of benzene rings is 1. The summed E-state index contributed by atoms with van der Waals surface area (Å²) >= 11 is 0. The van der Waals surface area contributed by atoms with Crippen LogP contribution < -0.4 is 4.90 Å². The molecule has 5 heteroatoms. The summed E-state index contributed by atoms with van der Waals surface area (Å²) in [5.74, 6) is 0. The molecule has 0 aromatic heterocycles. The van der Waals surface area contributed by atoms with Gasteiger partial charge in [-0.2, -0.15) is 0 Å². The lowest BCUT2D eigenvalue weighted by Crippen LogP contribution is -2.39. The molecule has 2 saturated heterocycles. The van der Waals surface area contributed by atoms with Crippen LogP contribution in [0.1, 0.15) is 20.3 Å². The number of likely N-dealkylation sites (tertiary alicyclic amines) is 1. The second-order valence-corrected chi connectivity index (χ2v) is 6.38. The number of nitrogens with zero attached hydrogens (tertiary/aromatic N) is 3. The molecule has 0 unspecified atom stereocenters. The lowest BCUT2D eigenvalue weighted by atomic mass is 10.2. The summed E-state index contributed by atoms with van der Waals surface area (Å²) in [6.07, 6.45) is 0.962. The van der Waals surface area contributed by atoms with Crippen LogP contribution in [-0.4, -0.2) is 67.3 Å². The molecule has 0 saturated carbocycles. The number of rotatable bonds is 6. The number of hydrogen-bond acceptors (Lipinski definition) is 4. The number of para-hydroxylation sites is 1. The predicted octanol–water partition coefficient (Wildman–Crippen LogP) is 2.43. The number of carbonyl (C=O) groups excluding carboxylic acids is 1. The average Bonchev–Trinajstić information content (AvgIpc) is 3.17. The van der Waals surface area contributed by atoms with Gasteiger partial charge < -0.3 is 4.74 Å². The maximum atomic E-state index is 12.1. The van der Waals surface area contributed by atoms with E-state index in [2.05, 4.69) is 23.6 Å². The zero-order chi connectivity index (χ0) is 16.2. The van der Waals surface area contributed by atoms with E-state index in [1.807, 2.05) is 30.3 Å². The summed E-state index contributed by atoms with van der Waals surface area (Å²) in [4.78, 5) is 18.8. The molecule has 2 aliphatic heterocycles. The number of carbonyl (C=O) groups is 1. The minimum Gasteiger partial charge on any atom is -0.443 e. The van der Waals surface area contributed by atoms with Crippen molar-refractivity contribution in [1.82, 2.24) is 9.80 Å². The molecule has 1 aromatic rings. The van der Waals surface area contributed by atoms with Crippen molar-refractivity contribution in [2.24, 2.45) is 0 Å². The Labute approximate surface area is 138 Å². The third kappa shape index (κ3) is 3.67. The molecule has 2 aliphatic rings. The SMILES string of the molecule is CCN(CC)[C@@H]1CCN(C[C@H]2CN(c3ccccc3)C(=O)O2)C1. The summed E-state index contributed by atoms with van der Waals surface area (Å²) in [7, 11) is 0. The van der Waals surface area contributed by atoms with Crippen LogP contribution in [-0.2, 0) is 4.74 Å². The molecular formula is C18H27N3O2. The standard InChI is InChI=1S/C18H27N3O2/c1-3-20(4-2)16-10-11-19(12-16)13-17-14-21(18(22)23-17)15-8-6-5-7-9-15/h5-9,16-17H,3-4,10-14H2,1-2H3/t16-,17+/m1/s1. The molecular weight excluding hydrogens is 290 g/mol.